The molecule has 0 saturated carbocycles. The van der Waals surface area contributed by atoms with Gasteiger partial charge in [0, 0.05) is 5.75 Å². The van der Waals surface area contributed by atoms with E-state index in [1.807, 2.05) is 110 Å². The standard InChI is InChI=1S/C37H36N2O5S2/c1-25(2)33(37(42)44-34(28-15-9-5-10-16-28)29-17-11-6-12-18-29)39-35(41)32(36(39)46(45)24-27-13-7-4-8-14-27)38-31(40)23-43-30-21-19-26(3)20-22-30/h4-22,32-34,36H,1,23-24H2,2-3H3,(H,38,40). The number of ether oxygens (including phenoxy) is 2. The Morgan fingerprint density at radius 3 is 1.98 bits per heavy atom. The number of likely N-dealkylation sites (tertiary alicyclic amines) is 1. The van der Waals surface area contributed by atoms with E-state index in [-0.39, 0.29) is 6.61 Å². The van der Waals surface area contributed by atoms with E-state index in [2.05, 4.69) is 11.9 Å². The maximum Gasteiger partial charge on any atom is 0.334 e. The summed E-state index contributed by atoms with van der Waals surface area (Å²) in [6.45, 7) is 7.45. The number of rotatable bonds is 13. The smallest absolute Gasteiger partial charge is 0.334 e. The molecule has 1 fully saturated rings. The highest BCUT2D eigenvalue weighted by molar-refractivity contribution is 8.28. The summed E-state index contributed by atoms with van der Waals surface area (Å²) in [7, 11) is -0.873. The van der Waals surface area contributed by atoms with Crippen LogP contribution < -0.4 is 10.1 Å². The van der Waals surface area contributed by atoms with Gasteiger partial charge in [-0.05, 0) is 59.4 Å². The third-order valence-corrected chi connectivity index (χ3v) is 10.2. The Morgan fingerprint density at radius 2 is 1.43 bits per heavy atom. The Labute approximate surface area is 276 Å². The molecular formula is C37H36N2O5S2. The van der Waals surface area contributed by atoms with Gasteiger partial charge >= 0.3 is 5.97 Å². The van der Waals surface area contributed by atoms with E-state index < -0.39 is 50.8 Å². The van der Waals surface area contributed by atoms with Gasteiger partial charge in [-0.3, -0.25) is 9.59 Å². The van der Waals surface area contributed by atoms with Crippen LogP contribution in [0.3, 0.4) is 0 Å². The minimum Gasteiger partial charge on any atom is -0.484 e. The lowest BCUT2D eigenvalue weighted by Crippen LogP contribution is -2.75. The molecule has 0 spiro atoms. The van der Waals surface area contributed by atoms with Crippen molar-refractivity contribution in [3.05, 3.63) is 150 Å². The van der Waals surface area contributed by atoms with Gasteiger partial charge in [0.05, 0.1) is 0 Å². The van der Waals surface area contributed by atoms with E-state index in [0.717, 1.165) is 22.3 Å². The molecular weight excluding hydrogens is 617 g/mol. The first-order valence-corrected chi connectivity index (χ1v) is 17.3. The van der Waals surface area contributed by atoms with Gasteiger partial charge in [0.1, 0.15) is 17.2 Å². The highest BCUT2D eigenvalue weighted by Crippen LogP contribution is 2.33. The fourth-order valence-electron chi connectivity index (χ4n) is 5.31. The van der Waals surface area contributed by atoms with Crippen LogP contribution in [0.15, 0.2) is 127 Å². The summed E-state index contributed by atoms with van der Waals surface area (Å²) < 4.78 is 11.8. The number of β-lactam (4-membered cyclic amide) rings is 1. The molecule has 4 atom stereocenters. The van der Waals surface area contributed by atoms with E-state index in [1.165, 1.54) is 4.90 Å². The third-order valence-electron chi connectivity index (χ3n) is 7.62. The number of benzene rings is 4. The molecule has 0 radical (unpaired) electrons. The first-order chi connectivity index (χ1) is 22.2. The van der Waals surface area contributed by atoms with Crippen LogP contribution in [0.5, 0.6) is 5.75 Å². The fourth-order valence-corrected chi connectivity index (χ4v) is 7.99. The van der Waals surface area contributed by atoms with Crippen LogP contribution >= 0.6 is 0 Å². The highest BCUT2D eigenvalue weighted by atomic mass is 32.8. The van der Waals surface area contributed by atoms with Gasteiger partial charge in [0.15, 0.2) is 18.8 Å². The number of hydrogen-bond donors (Lipinski definition) is 1. The molecule has 1 heterocycles. The van der Waals surface area contributed by atoms with Crippen molar-refractivity contribution in [1.29, 1.82) is 0 Å². The van der Waals surface area contributed by atoms with E-state index in [1.54, 1.807) is 19.1 Å². The third kappa shape index (κ3) is 7.78. The number of amides is 2. The van der Waals surface area contributed by atoms with Crippen LogP contribution in [0.4, 0.5) is 0 Å². The summed E-state index contributed by atoms with van der Waals surface area (Å²) in [4.78, 5) is 42.3. The van der Waals surface area contributed by atoms with Crippen molar-refractivity contribution in [1.82, 2.24) is 10.2 Å². The fraction of sp³-hybridized carbons (Fsp3) is 0.216. The maximum absolute atomic E-state index is 14.0. The normalized spacial score (nSPS) is 17.0. The SMILES string of the molecule is C=C(C)C(C(=O)OC(c1ccccc1)c1ccccc1)N1C(=O)C(NC(=O)COc2ccc(C)cc2)C1S(=S)Cc1ccccc1. The van der Waals surface area contributed by atoms with Crippen molar-refractivity contribution in [3.63, 3.8) is 0 Å². The molecule has 1 saturated heterocycles. The molecule has 0 aromatic heterocycles. The number of carbonyl (C=O) groups excluding carboxylic acids is 3. The molecule has 9 heteroatoms. The summed E-state index contributed by atoms with van der Waals surface area (Å²) >= 11 is 6.01. The lowest BCUT2D eigenvalue weighted by Gasteiger charge is -2.50. The first-order valence-electron chi connectivity index (χ1n) is 14.9. The molecule has 1 N–H and O–H groups in total. The van der Waals surface area contributed by atoms with Crippen LogP contribution in [0.25, 0.3) is 0 Å². The average Bonchev–Trinajstić information content (AvgIpc) is 3.07. The van der Waals surface area contributed by atoms with Gasteiger partial charge in [-0.2, -0.15) is 0 Å². The second-order valence-electron chi connectivity index (χ2n) is 11.2. The van der Waals surface area contributed by atoms with Gasteiger partial charge in [0.25, 0.3) is 5.91 Å². The molecule has 2 amide bonds. The number of hydrogen-bond acceptors (Lipinski definition) is 6. The molecule has 7 nitrogen and oxygen atoms in total. The number of carbonyl (C=O) groups is 3. The van der Waals surface area contributed by atoms with E-state index in [0.29, 0.717) is 17.1 Å². The summed E-state index contributed by atoms with van der Waals surface area (Å²) in [6.07, 6.45) is -0.702. The zero-order chi connectivity index (χ0) is 32.6. The number of aryl methyl sites for hydroxylation is 1. The van der Waals surface area contributed by atoms with Gasteiger partial charge in [0.2, 0.25) is 5.91 Å². The lowest BCUT2D eigenvalue weighted by molar-refractivity contribution is -0.165. The van der Waals surface area contributed by atoms with Crippen molar-refractivity contribution in [2.75, 3.05) is 6.61 Å². The average molecular weight is 653 g/mol. The van der Waals surface area contributed by atoms with Crippen LogP contribution in [0.2, 0.25) is 0 Å². The van der Waals surface area contributed by atoms with Gasteiger partial charge in [-0.15, -0.1) is 0 Å². The highest BCUT2D eigenvalue weighted by Gasteiger charge is 2.55. The largest absolute Gasteiger partial charge is 0.484 e. The Kier molecular flexibility index (Phi) is 10.8. The minimum atomic E-state index is -1.10. The zero-order valence-corrected chi connectivity index (χ0v) is 27.3. The van der Waals surface area contributed by atoms with Crippen molar-refractivity contribution in [2.24, 2.45) is 0 Å². The van der Waals surface area contributed by atoms with Gasteiger partial charge < -0.3 is 19.7 Å². The predicted octanol–water partition coefficient (Wildman–Crippen LogP) is 5.58. The number of nitrogens with zero attached hydrogens (tertiary/aromatic N) is 1. The summed E-state index contributed by atoms with van der Waals surface area (Å²) in [5.74, 6) is -0.487. The van der Waals surface area contributed by atoms with Crippen molar-refractivity contribution in [3.8, 4) is 5.75 Å². The molecule has 5 rings (SSSR count). The summed E-state index contributed by atoms with van der Waals surface area (Å²) in [6, 6.07) is 33.9. The Bertz CT molecular complexity index is 1660. The first kappa shape index (κ1) is 32.8. The Balaban J connectivity index is 1.39. The number of nitrogens with one attached hydrogen (secondary N) is 1. The van der Waals surface area contributed by atoms with Crippen LogP contribution in [-0.2, 0) is 45.5 Å². The van der Waals surface area contributed by atoms with Crippen LogP contribution in [0.1, 0.15) is 35.3 Å². The van der Waals surface area contributed by atoms with Gasteiger partial charge in [-0.25, -0.2) is 4.79 Å². The molecule has 4 aromatic carbocycles. The topological polar surface area (TPSA) is 84.9 Å². The Hall–Kier alpha value is -4.60. The molecule has 1 aliphatic heterocycles. The second kappa shape index (κ2) is 15.1. The van der Waals surface area contributed by atoms with Crippen molar-refractivity contribution in [2.45, 2.75) is 43.2 Å². The van der Waals surface area contributed by atoms with Crippen molar-refractivity contribution >= 4 is 38.4 Å². The van der Waals surface area contributed by atoms with Crippen LogP contribution in [0, 0.1) is 6.92 Å². The maximum atomic E-state index is 14.0. The Morgan fingerprint density at radius 1 is 0.891 bits per heavy atom. The molecule has 4 unspecified atom stereocenters. The minimum absolute atomic E-state index is 0.273. The number of esters is 1. The van der Waals surface area contributed by atoms with E-state index >= 15 is 0 Å². The molecule has 4 aromatic rings. The summed E-state index contributed by atoms with van der Waals surface area (Å²) in [5.41, 5.74) is 4.08. The monoisotopic (exact) mass is 652 g/mol. The van der Waals surface area contributed by atoms with Crippen molar-refractivity contribution < 1.29 is 23.9 Å². The van der Waals surface area contributed by atoms with E-state index in [9.17, 15) is 14.4 Å². The van der Waals surface area contributed by atoms with Crippen LogP contribution in [-0.4, -0.2) is 46.7 Å². The lowest BCUT2D eigenvalue weighted by atomic mass is 9.98. The molecule has 46 heavy (non-hydrogen) atoms. The summed E-state index contributed by atoms with van der Waals surface area (Å²) in [5, 5.41) is 2.18. The molecule has 236 valence electrons. The second-order valence-corrected chi connectivity index (χ2v) is 14.0. The van der Waals surface area contributed by atoms with Gasteiger partial charge in [-0.1, -0.05) is 125 Å². The quantitative estimate of drug-likeness (QED) is 0.115. The zero-order valence-electron chi connectivity index (χ0n) is 25.7. The van der Waals surface area contributed by atoms with E-state index in [4.69, 9.17) is 20.7 Å². The molecule has 0 aliphatic carbocycles. The predicted molar refractivity (Wildman–Crippen MR) is 184 cm³/mol. The molecule has 0 bridgehead atoms. The molecule has 1 aliphatic rings.